The van der Waals surface area contributed by atoms with E-state index in [1.165, 1.54) is 6.42 Å². The van der Waals surface area contributed by atoms with Crippen molar-refractivity contribution < 1.29 is 19.1 Å². The van der Waals surface area contributed by atoms with Gasteiger partial charge >= 0.3 is 0 Å². The van der Waals surface area contributed by atoms with E-state index in [0.29, 0.717) is 22.7 Å². The molecule has 1 saturated carbocycles. The number of hydrogen-bond donors (Lipinski definition) is 1. The number of para-hydroxylation sites is 1. The van der Waals surface area contributed by atoms with Gasteiger partial charge in [0, 0.05) is 13.1 Å². The largest absolute Gasteiger partial charge is 0.497 e. The number of benzene rings is 2. The van der Waals surface area contributed by atoms with E-state index >= 15 is 0 Å². The van der Waals surface area contributed by atoms with Crippen LogP contribution in [0.3, 0.4) is 0 Å². The Morgan fingerprint density at radius 3 is 2.30 bits per heavy atom. The molecule has 3 rings (SSSR count). The molecule has 1 aliphatic rings. The van der Waals surface area contributed by atoms with E-state index in [9.17, 15) is 9.59 Å². The third-order valence-electron chi connectivity index (χ3n) is 5.60. The van der Waals surface area contributed by atoms with Gasteiger partial charge in [-0.25, -0.2) is 0 Å². The summed E-state index contributed by atoms with van der Waals surface area (Å²) in [5.41, 5.74) is 0.996. The maximum absolute atomic E-state index is 13.1. The lowest BCUT2D eigenvalue weighted by Crippen LogP contribution is -2.39. The second kappa shape index (κ2) is 10.1. The topological polar surface area (TPSA) is 67.9 Å². The van der Waals surface area contributed by atoms with Crippen molar-refractivity contribution in [3.05, 3.63) is 54.1 Å². The Morgan fingerprint density at radius 1 is 1.00 bits per heavy atom. The van der Waals surface area contributed by atoms with Crippen molar-refractivity contribution in [3.8, 4) is 11.5 Å². The van der Waals surface area contributed by atoms with Crippen molar-refractivity contribution in [2.75, 3.05) is 19.5 Å². The number of nitrogens with one attached hydrogen (secondary N) is 1. The van der Waals surface area contributed by atoms with E-state index in [2.05, 4.69) is 5.32 Å². The van der Waals surface area contributed by atoms with Gasteiger partial charge in [0.2, 0.25) is 0 Å². The molecule has 0 aromatic heterocycles. The molecule has 0 spiro atoms. The molecule has 1 unspecified atom stereocenters. The number of carbonyl (C=O) groups is 2. The first kappa shape index (κ1) is 21.7. The summed E-state index contributed by atoms with van der Waals surface area (Å²) in [5, 5.41) is 2.86. The predicted octanol–water partition coefficient (Wildman–Crippen LogP) is 4.51. The smallest absolute Gasteiger partial charge is 0.265 e. The minimum absolute atomic E-state index is 0.0680. The minimum atomic E-state index is -0.724. The fraction of sp³-hybridized carbons (Fsp3) is 0.417. The molecule has 1 fully saturated rings. The van der Waals surface area contributed by atoms with E-state index in [0.717, 1.165) is 25.7 Å². The van der Waals surface area contributed by atoms with Crippen molar-refractivity contribution >= 4 is 17.5 Å². The number of methoxy groups -OCH3 is 1. The average Bonchev–Trinajstić information content (AvgIpc) is 2.79. The Kier molecular flexibility index (Phi) is 7.33. The molecule has 6 nitrogen and oxygen atoms in total. The second-order valence-corrected chi connectivity index (χ2v) is 7.68. The minimum Gasteiger partial charge on any atom is -0.497 e. The first-order valence-corrected chi connectivity index (χ1v) is 10.5. The summed E-state index contributed by atoms with van der Waals surface area (Å²) in [6, 6.07) is 14.4. The fourth-order valence-corrected chi connectivity index (χ4v) is 3.75. The number of carbonyl (C=O) groups excluding carboxylic acids is 2. The van der Waals surface area contributed by atoms with E-state index in [1.807, 2.05) is 24.1 Å². The number of hydrogen-bond acceptors (Lipinski definition) is 4. The summed E-state index contributed by atoms with van der Waals surface area (Å²) >= 11 is 0. The van der Waals surface area contributed by atoms with Gasteiger partial charge in [0.1, 0.15) is 11.5 Å². The fourth-order valence-electron chi connectivity index (χ4n) is 3.75. The van der Waals surface area contributed by atoms with Gasteiger partial charge in [0.05, 0.1) is 18.4 Å². The number of anilines is 1. The van der Waals surface area contributed by atoms with Crippen LogP contribution in [0.25, 0.3) is 0 Å². The van der Waals surface area contributed by atoms with E-state index in [-0.39, 0.29) is 17.9 Å². The van der Waals surface area contributed by atoms with Crippen LogP contribution in [0.2, 0.25) is 0 Å². The van der Waals surface area contributed by atoms with Gasteiger partial charge in [0.15, 0.2) is 6.10 Å². The Balaban J connectivity index is 1.66. The van der Waals surface area contributed by atoms with Crippen LogP contribution in [0, 0.1) is 0 Å². The van der Waals surface area contributed by atoms with E-state index < -0.39 is 6.10 Å². The number of nitrogens with zero attached hydrogens (tertiary/aromatic N) is 1. The third-order valence-corrected chi connectivity index (χ3v) is 5.60. The van der Waals surface area contributed by atoms with Gasteiger partial charge in [0.25, 0.3) is 11.8 Å². The molecule has 0 bridgehead atoms. The van der Waals surface area contributed by atoms with E-state index in [1.54, 1.807) is 50.4 Å². The van der Waals surface area contributed by atoms with Crippen LogP contribution in [-0.4, -0.2) is 43.0 Å². The zero-order chi connectivity index (χ0) is 21.5. The van der Waals surface area contributed by atoms with Crippen molar-refractivity contribution in [1.82, 2.24) is 4.90 Å². The molecular formula is C24H30N2O4. The lowest BCUT2D eigenvalue weighted by molar-refractivity contribution is -0.122. The van der Waals surface area contributed by atoms with Gasteiger partial charge < -0.3 is 19.7 Å². The predicted molar refractivity (Wildman–Crippen MR) is 117 cm³/mol. The lowest BCUT2D eigenvalue weighted by Gasteiger charge is -2.31. The molecule has 30 heavy (non-hydrogen) atoms. The normalized spacial score (nSPS) is 15.2. The zero-order valence-corrected chi connectivity index (χ0v) is 17.9. The van der Waals surface area contributed by atoms with Gasteiger partial charge in [-0.15, -0.1) is 0 Å². The molecule has 2 aromatic carbocycles. The molecule has 0 heterocycles. The number of rotatable bonds is 7. The Morgan fingerprint density at radius 2 is 1.63 bits per heavy atom. The average molecular weight is 411 g/mol. The molecule has 1 N–H and O–H groups in total. The Labute approximate surface area is 178 Å². The van der Waals surface area contributed by atoms with Crippen LogP contribution in [0.5, 0.6) is 11.5 Å². The molecule has 1 aliphatic carbocycles. The summed E-state index contributed by atoms with van der Waals surface area (Å²) < 4.78 is 10.9. The van der Waals surface area contributed by atoms with Gasteiger partial charge in [-0.05, 0) is 56.2 Å². The molecule has 1 atom stereocenters. The second-order valence-electron chi connectivity index (χ2n) is 7.68. The number of ether oxygens (including phenoxy) is 2. The van der Waals surface area contributed by atoms with Gasteiger partial charge in [-0.2, -0.15) is 0 Å². The van der Waals surface area contributed by atoms with Gasteiger partial charge in [-0.1, -0.05) is 31.4 Å². The standard InChI is InChI=1S/C24H30N2O4/c1-17(30-20-15-13-19(29-3)14-16-20)23(27)25-22-12-8-7-11-21(22)24(28)26(2)18-9-5-4-6-10-18/h7-8,11-18H,4-6,9-10H2,1-3H3,(H,25,27). The van der Waals surface area contributed by atoms with Crippen LogP contribution in [0.4, 0.5) is 5.69 Å². The monoisotopic (exact) mass is 410 g/mol. The van der Waals surface area contributed by atoms with Crippen LogP contribution in [0.15, 0.2) is 48.5 Å². The van der Waals surface area contributed by atoms with Crippen LogP contribution < -0.4 is 14.8 Å². The summed E-state index contributed by atoms with van der Waals surface area (Å²) in [4.78, 5) is 27.6. The summed E-state index contributed by atoms with van der Waals surface area (Å²) in [7, 11) is 3.45. The highest BCUT2D eigenvalue weighted by Crippen LogP contribution is 2.25. The summed E-state index contributed by atoms with van der Waals surface area (Å²) in [5.74, 6) is 0.904. The number of amides is 2. The maximum Gasteiger partial charge on any atom is 0.265 e. The quantitative estimate of drug-likeness (QED) is 0.729. The highest BCUT2D eigenvalue weighted by atomic mass is 16.5. The van der Waals surface area contributed by atoms with Crippen LogP contribution in [0.1, 0.15) is 49.4 Å². The van der Waals surface area contributed by atoms with E-state index in [4.69, 9.17) is 9.47 Å². The molecule has 2 aromatic rings. The van der Waals surface area contributed by atoms with Crippen molar-refractivity contribution in [1.29, 1.82) is 0 Å². The van der Waals surface area contributed by atoms with Crippen LogP contribution >= 0.6 is 0 Å². The SMILES string of the molecule is COc1ccc(OC(C)C(=O)Nc2ccccc2C(=O)N(C)C2CCCCC2)cc1. The van der Waals surface area contributed by atoms with Crippen molar-refractivity contribution in [2.45, 2.75) is 51.2 Å². The molecule has 0 radical (unpaired) electrons. The van der Waals surface area contributed by atoms with Crippen molar-refractivity contribution in [3.63, 3.8) is 0 Å². The first-order chi connectivity index (χ1) is 14.5. The third kappa shape index (κ3) is 5.32. The Hall–Kier alpha value is -3.02. The maximum atomic E-state index is 13.1. The van der Waals surface area contributed by atoms with Gasteiger partial charge in [-0.3, -0.25) is 9.59 Å². The molecule has 0 saturated heterocycles. The first-order valence-electron chi connectivity index (χ1n) is 10.5. The molecule has 160 valence electrons. The summed E-state index contributed by atoms with van der Waals surface area (Å²) in [6.45, 7) is 1.68. The highest BCUT2D eigenvalue weighted by molar-refractivity contribution is 6.04. The van der Waals surface area contributed by atoms with Crippen molar-refractivity contribution in [2.24, 2.45) is 0 Å². The molecule has 6 heteroatoms. The lowest BCUT2D eigenvalue weighted by atomic mass is 9.94. The molecular weight excluding hydrogens is 380 g/mol. The zero-order valence-electron chi connectivity index (χ0n) is 17.9. The highest BCUT2D eigenvalue weighted by Gasteiger charge is 2.25. The summed E-state index contributed by atoms with van der Waals surface area (Å²) in [6.07, 6.45) is 4.88. The molecule has 0 aliphatic heterocycles. The molecule has 2 amide bonds. The Bertz CT molecular complexity index is 860. The van der Waals surface area contributed by atoms with Crippen LogP contribution in [-0.2, 0) is 4.79 Å².